The number of hydrogen-bond acceptors (Lipinski definition) is 3. The highest BCUT2D eigenvalue weighted by Crippen LogP contribution is 2.27. The smallest absolute Gasteiger partial charge is 0.280 e. The number of methoxy groups -OCH3 is 1. The summed E-state index contributed by atoms with van der Waals surface area (Å²) in [5, 5.41) is 0. The number of pyridine rings is 1. The first kappa shape index (κ1) is 9.70. The highest BCUT2D eigenvalue weighted by atomic mass is 19.3. The maximum Gasteiger partial charge on any atom is 0.280 e. The van der Waals surface area contributed by atoms with Crippen LogP contribution in [0.2, 0.25) is 0 Å². The lowest BCUT2D eigenvalue weighted by Gasteiger charge is -2.08. The molecule has 0 atom stereocenters. The summed E-state index contributed by atoms with van der Waals surface area (Å²) in [5.74, 6) is 0.110. The molecule has 2 N–H and O–H groups in total. The van der Waals surface area contributed by atoms with Crippen LogP contribution in [-0.4, -0.2) is 12.1 Å². The van der Waals surface area contributed by atoms with E-state index in [2.05, 4.69) is 4.98 Å². The Morgan fingerprint density at radius 3 is 2.62 bits per heavy atom. The van der Waals surface area contributed by atoms with Gasteiger partial charge in [0.05, 0.1) is 7.11 Å². The molecular formula is C8H10F2N2O. The second kappa shape index (κ2) is 3.55. The van der Waals surface area contributed by atoms with Crippen molar-refractivity contribution in [3.63, 3.8) is 0 Å². The molecule has 0 fully saturated rings. The SMILES string of the molecule is COc1cc(N)c(C)c(C(F)F)n1. The zero-order valence-corrected chi connectivity index (χ0v) is 7.34. The lowest BCUT2D eigenvalue weighted by molar-refractivity contribution is 0.144. The van der Waals surface area contributed by atoms with E-state index in [4.69, 9.17) is 10.5 Å². The van der Waals surface area contributed by atoms with Crippen molar-refractivity contribution in [2.24, 2.45) is 0 Å². The minimum Gasteiger partial charge on any atom is -0.481 e. The Kier molecular flexibility index (Phi) is 2.65. The molecule has 0 saturated carbocycles. The number of nitrogens with zero attached hydrogens (tertiary/aromatic N) is 1. The molecule has 0 aliphatic rings. The van der Waals surface area contributed by atoms with Gasteiger partial charge in [-0.2, -0.15) is 0 Å². The number of anilines is 1. The first-order valence-electron chi connectivity index (χ1n) is 3.65. The van der Waals surface area contributed by atoms with Crippen LogP contribution in [0.5, 0.6) is 5.88 Å². The number of nitrogen functional groups attached to an aromatic ring is 1. The van der Waals surface area contributed by atoms with Gasteiger partial charge in [-0.1, -0.05) is 0 Å². The van der Waals surface area contributed by atoms with Gasteiger partial charge in [-0.3, -0.25) is 0 Å². The normalized spacial score (nSPS) is 10.5. The molecule has 0 bridgehead atoms. The molecule has 1 heterocycles. The molecular weight excluding hydrogens is 178 g/mol. The monoisotopic (exact) mass is 188 g/mol. The van der Waals surface area contributed by atoms with E-state index < -0.39 is 6.43 Å². The molecule has 5 heteroatoms. The van der Waals surface area contributed by atoms with E-state index in [0.717, 1.165) is 0 Å². The molecule has 1 aromatic heterocycles. The van der Waals surface area contributed by atoms with Crippen molar-refractivity contribution in [3.05, 3.63) is 17.3 Å². The molecule has 3 nitrogen and oxygen atoms in total. The fourth-order valence-corrected chi connectivity index (χ4v) is 0.941. The van der Waals surface area contributed by atoms with Crippen molar-refractivity contribution in [1.82, 2.24) is 4.98 Å². The molecule has 0 unspecified atom stereocenters. The van der Waals surface area contributed by atoms with Crippen LogP contribution < -0.4 is 10.5 Å². The summed E-state index contributed by atoms with van der Waals surface area (Å²) in [5.41, 5.74) is 5.73. The molecule has 0 saturated heterocycles. The number of hydrogen-bond donors (Lipinski definition) is 1. The summed E-state index contributed by atoms with van der Waals surface area (Å²) < 4.78 is 29.4. The molecule has 0 amide bonds. The summed E-state index contributed by atoms with van der Waals surface area (Å²) >= 11 is 0. The van der Waals surface area contributed by atoms with Gasteiger partial charge in [-0.25, -0.2) is 13.8 Å². The minimum absolute atomic E-state index is 0.110. The van der Waals surface area contributed by atoms with Crippen LogP contribution in [0.4, 0.5) is 14.5 Å². The number of halogens is 2. The summed E-state index contributed by atoms with van der Waals surface area (Å²) in [6.07, 6.45) is -2.63. The third-order valence-electron chi connectivity index (χ3n) is 1.74. The molecule has 0 radical (unpaired) electrons. The van der Waals surface area contributed by atoms with Crippen LogP contribution in [0.25, 0.3) is 0 Å². The van der Waals surface area contributed by atoms with Crippen molar-refractivity contribution in [2.75, 3.05) is 12.8 Å². The van der Waals surface area contributed by atoms with E-state index >= 15 is 0 Å². The Labute approximate surface area is 74.5 Å². The number of alkyl halides is 2. The second-order valence-electron chi connectivity index (χ2n) is 2.56. The standard InChI is InChI=1S/C8H10F2N2O/c1-4-5(11)3-6(13-2)12-7(4)8(9)10/h3,8H,1-2H3,(H2,11,12). The van der Waals surface area contributed by atoms with Gasteiger partial charge in [0.2, 0.25) is 5.88 Å². The van der Waals surface area contributed by atoms with Crippen LogP contribution in [-0.2, 0) is 0 Å². The third kappa shape index (κ3) is 1.85. The predicted octanol–water partition coefficient (Wildman–Crippen LogP) is 1.92. The Bertz CT molecular complexity index is 315. The van der Waals surface area contributed by atoms with Crippen molar-refractivity contribution in [3.8, 4) is 5.88 Å². The summed E-state index contributed by atoms with van der Waals surface area (Å²) in [6.45, 7) is 1.50. The summed E-state index contributed by atoms with van der Waals surface area (Å²) in [6, 6.07) is 1.42. The van der Waals surface area contributed by atoms with Gasteiger partial charge in [-0.05, 0) is 12.5 Å². The van der Waals surface area contributed by atoms with Crippen molar-refractivity contribution < 1.29 is 13.5 Å². The molecule has 1 rings (SSSR count). The number of ether oxygens (including phenoxy) is 1. The Hall–Kier alpha value is -1.39. The van der Waals surface area contributed by atoms with Gasteiger partial charge in [0.1, 0.15) is 5.69 Å². The van der Waals surface area contributed by atoms with Gasteiger partial charge in [-0.15, -0.1) is 0 Å². The maximum atomic E-state index is 12.4. The fourth-order valence-electron chi connectivity index (χ4n) is 0.941. The van der Waals surface area contributed by atoms with E-state index in [9.17, 15) is 8.78 Å². The summed E-state index contributed by atoms with van der Waals surface area (Å²) in [4.78, 5) is 3.60. The van der Waals surface area contributed by atoms with Gasteiger partial charge in [0.15, 0.2) is 0 Å². The molecule has 0 spiro atoms. The highest BCUT2D eigenvalue weighted by Gasteiger charge is 2.15. The Balaban J connectivity index is 3.25. The second-order valence-corrected chi connectivity index (χ2v) is 2.56. The van der Waals surface area contributed by atoms with Gasteiger partial charge in [0.25, 0.3) is 6.43 Å². The zero-order valence-electron chi connectivity index (χ0n) is 7.34. The van der Waals surface area contributed by atoms with E-state index in [0.29, 0.717) is 5.56 Å². The van der Waals surface area contributed by atoms with Crippen LogP contribution in [0.3, 0.4) is 0 Å². The molecule has 0 aliphatic heterocycles. The summed E-state index contributed by atoms with van der Waals surface area (Å²) in [7, 11) is 1.35. The highest BCUT2D eigenvalue weighted by molar-refractivity contribution is 5.50. The Morgan fingerprint density at radius 2 is 2.15 bits per heavy atom. The fraction of sp³-hybridized carbons (Fsp3) is 0.375. The van der Waals surface area contributed by atoms with E-state index in [1.807, 2.05) is 0 Å². The number of nitrogens with two attached hydrogens (primary N) is 1. The average molecular weight is 188 g/mol. The van der Waals surface area contributed by atoms with Gasteiger partial charge < -0.3 is 10.5 Å². The first-order chi connectivity index (χ1) is 6.06. The van der Waals surface area contributed by atoms with Crippen LogP contribution in [0.1, 0.15) is 17.7 Å². The lowest BCUT2D eigenvalue weighted by Crippen LogP contribution is -2.02. The topological polar surface area (TPSA) is 48.1 Å². The number of aromatic nitrogens is 1. The molecule has 13 heavy (non-hydrogen) atoms. The average Bonchev–Trinajstić information content (AvgIpc) is 2.09. The first-order valence-corrected chi connectivity index (χ1v) is 3.65. The third-order valence-corrected chi connectivity index (χ3v) is 1.74. The Morgan fingerprint density at radius 1 is 1.54 bits per heavy atom. The maximum absolute atomic E-state index is 12.4. The van der Waals surface area contributed by atoms with Crippen molar-refractivity contribution >= 4 is 5.69 Å². The predicted molar refractivity (Wildman–Crippen MR) is 44.9 cm³/mol. The van der Waals surface area contributed by atoms with E-state index in [-0.39, 0.29) is 17.3 Å². The molecule has 1 aromatic rings. The minimum atomic E-state index is -2.63. The van der Waals surface area contributed by atoms with Gasteiger partial charge >= 0.3 is 0 Å². The number of rotatable bonds is 2. The molecule has 0 aromatic carbocycles. The quantitative estimate of drug-likeness (QED) is 0.771. The van der Waals surface area contributed by atoms with Crippen LogP contribution in [0.15, 0.2) is 6.07 Å². The zero-order chi connectivity index (χ0) is 10.0. The van der Waals surface area contributed by atoms with Gasteiger partial charge in [0, 0.05) is 11.8 Å². The largest absolute Gasteiger partial charge is 0.481 e. The molecule has 0 aliphatic carbocycles. The lowest BCUT2D eigenvalue weighted by atomic mass is 10.2. The van der Waals surface area contributed by atoms with Crippen molar-refractivity contribution in [2.45, 2.75) is 13.3 Å². The van der Waals surface area contributed by atoms with Crippen molar-refractivity contribution in [1.29, 1.82) is 0 Å². The van der Waals surface area contributed by atoms with Crippen LogP contribution >= 0.6 is 0 Å². The molecule has 72 valence electrons. The van der Waals surface area contributed by atoms with E-state index in [1.54, 1.807) is 0 Å². The van der Waals surface area contributed by atoms with E-state index in [1.165, 1.54) is 20.1 Å². The van der Waals surface area contributed by atoms with Crippen LogP contribution in [0, 0.1) is 6.92 Å².